The lowest BCUT2D eigenvalue weighted by Crippen LogP contribution is -2.54. The summed E-state index contributed by atoms with van der Waals surface area (Å²) in [6, 6.07) is 3.62. The highest BCUT2D eigenvalue weighted by atomic mass is 16.6. The molecule has 1 saturated carbocycles. The number of amides is 9. The number of carbonyl (C=O) groups is 10. The number of Topliss-reactive ketones (excluding diaryl/α,β-unsaturated/α-hetero) is 1. The van der Waals surface area contributed by atoms with Crippen molar-refractivity contribution in [3.8, 4) is 0 Å². The van der Waals surface area contributed by atoms with Gasteiger partial charge in [-0.05, 0) is 82.9 Å². The van der Waals surface area contributed by atoms with E-state index in [9.17, 15) is 53.1 Å². The Morgan fingerprint density at radius 1 is 0.863 bits per heavy atom. The second-order valence-electron chi connectivity index (χ2n) is 20.0. The van der Waals surface area contributed by atoms with E-state index in [1.165, 1.54) is 49.9 Å². The van der Waals surface area contributed by atoms with Gasteiger partial charge in [0, 0.05) is 88.0 Å². The summed E-state index contributed by atoms with van der Waals surface area (Å²) in [4.78, 5) is 131. The van der Waals surface area contributed by atoms with Gasteiger partial charge in [0.25, 0.3) is 11.8 Å². The lowest BCUT2D eigenvalue weighted by atomic mass is 9.67. The number of ketones is 1. The van der Waals surface area contributed by atoms with E-state index in [1.54, 1.807) is 51.1 Å². The number of hydrogen-bond acceptors (Lipinski definition) is 14. The van der Waals surface area contributed by atoms with Crippen LogP contribution in [-0.2, 0) is 54.4 Å². The molecule has 5 atom stereocenters. The van der Waals surface area contributed by atoms with Gasteiger partial charge in [-0.15, -0.1) is 0 Å². The number of unbranched alkanes of at least 4 members (excludes halogenated alkanes) is 2. The van der Waals surface area contributed by atoms with Crippen molar-refractivity contribution in [1.82, 2.24) is 30.7 Å². The second kappa shape index (κ2) is 24.1. The number of ether oxygens (including phenoxy) is 3. The second-order valence-corrected chi connectivity index (χ2v) is 20.0. The van der Waals surface area contributed by atoms with Gasteiger partial charge in [0.2, 0.25) is 17.7 Å². The number of nitrogens with two attached hydrogens (primary N) is 1. The topological polar surface area (TPSA) is 302 Å². The number of carbonyl (C=O) groups excluding carboxylic acids is 10. The molecule has 1 aromatic carbocycles. The largest absolute Gasteiger partial charge is 0.465 e. The third kappa shape index (κ3) is 13.9. The number of rotatable bonds is 24. The molecule has 0 bridgehead atoms. The number of hydrogen-bond donors (Lipinski definition) is 6. The molecule has 0 saturated heterocycles. The number of likely N-dealkylation sites (N-methyl/N-ethyl adjacent to an activating group) is 2. The molecule has 7 N–H and O–H groups in total. The Balaban J connectivity index is 1.10. The fraction of sp³-hybridized carbons (Fsp3) is 0.569. The highest BCUT2D eigenvalue weighted by molar-refractivity contribution is 6.13. The lowest BCUT2D eigenvalue weighted by molar-refractivity contribution is -0.145. The van der Waals surface area contributed by atoms with Gasteiger partial charge in [0.15, 0.2) is 5.78 Å². The zero-order valence-corrected chi connectivity index (χ0v) is 42.9. The molecule has 1 aromatic rings. The average Bonchev–Trinajstić information content (AvgIpc) is 4.03. The van der Waals surface area contributed by atoms with Crippen LogP contribution in [0.2, 0.25) is 0 Å². The average molecular weight is 1020 g/mol. The summed E-state index contributed by atoms with van der Waals surface area (Å²) >= 11 is 0. The van der Waals surface area contributed by atoms with Crippen molar-refractivity contribution in [2.24, 2.45) is 22.5 Å². The summed E-state index contributed by atoms with van der Waals surface area (Å²) in [7, 11) is 2.99. The van der Waals surface area contributed by atoms with Crippen LogP contribution in [0.5, 0.6) is 0 Å². The first-order valence-corrected chi connectivity index (χ1v) is 24.5. The van der Waals surface area contributed by atoms with E-state index in [0.29, 0.717) is 48.9 Å². The van der Waals surface area contributed by atoms with Crippen LogP contribution in [-0.4, -0.2) is 150 Å². The van der Waals surface area contributed by atoms with Crippen molar-refractivity contribution in [3.63, 3.8) is 0 Å². The van der Waals surface area contributed by atoms with Crippen LogP contribution in [0.3, 0.4) is 0 Å². The zero-order chi connectivity index (χ0) is 54.0. The molecule has 1 aliphatic heterocycles. The number of urea groups is 1. The predicted octanol–water partition coefficient (Wildman–Crippen LogP) is 3.13. The third-order valence-corrected chi connectivity index (χ3v) is 14.0. The van der Waals surface area contributed by atoms with Crippen molar-refractivity contribution < 1.29 is 67.3 Å². The van der Waals surface area contributed by atoms with Crippen LogP contribution >= 0.6 is 0 Å². The molecule has 0 aromatic heterocycles. The van der Waals surface area contributed by atoms with Crippen molar-refractivity contribution >= 4 is 65.2 Å². The van der Waals surface area contributed by atoms with Gasteiger partial charge in [0.1, 0.15) is 37.0 Å². The summed E-state index contributed by atoms with van der Waals surface area (Å²) in [6.45, 7) is 9.95. The fourth-order valence-electron chi connectivity index (χ4n) is 9.25. The number of nitrogens with one attached hydrogen (secondary N) is 4. The summed E-state index contributed by atoms with van der Waals surface area (Å²) in [5.41, 5.74) is 4.12. The van der Waals surface area contributed by atoms with Crippen molar-refractivity contribution in [2.75, 3.05) is 52.2 Å². The Morgan fingerprint density at radius 2 is 1.49 bits per heavy atom. The number of primary amides is 1. The molecular formula is C51H70N8O14. The Morgan fingerprint density at radius 3 is 2.08 bits per heavy atom. The van der Waals surface area contributed by atoms with Gasteiger partial charge >= 0.3 is 24.2 Å². The predicted molar refractivity (Wildman–Crippen MR) is 263 cm³/mol. The Labute approximate surface area is 424 Å². The Hall–Kier alpha value is -7.10. The Kier molecular flexibility index (Phi) is 18.7. The molecule has 73 heavy (non-hydrogen) atoms. The maximum Gasteiger partial charge on any atom is 0.410 e. The molecule has 0 radical (unpaired) electrons. The Bertz CT molecular complexity index is 2410. The standard InChI is InChI=1S/C51H70N8O14/c1-30(2)41(56-37(61)14-10-9-11-24-59-38(62)19-20-39(59)63)45(66)55-36(13-12-23-53-46(52)67)44(65)54-34-17-15-33(16-18-34)28-71-47(68)57(7)25-26-58(8)48(69)73-43-40-31(3)51(21-22-51)50(6,70)42(64)35(40)27-49(43,5)29-72-32(4)60/h15-20,27,30,36,41,43,70H,9-14,21-26,28-29H2,1-8H3,(H,54,65)(H,55,66)(H,56,61)(H3,52,53,67)/t36-,41-,43?,49?,50-/m0/s1. The molecule has 398 valence electrons. The van der Waals surface area contributed by atoms with Crippen molar-refractivity contribution in [2.45, 2.75) is 123 Å². The van der Waals surface area contributed by atoms with E-state index in [2.05, 4.69) is 21.3 Å². The van der Waals surface area contributed by atoms with Crippen molar-refractivity contribution in [1.29, 1.82) is 0 Å². The van der Waals surface area contributed by atoms with Crippen LogP contribution < -0.4 is 27.0 Å². The van der Waals surface area contributed by atoms with Gasteiger partial charge in [0.05, 0.1) is 5.41 Å². The van der Waals surface area contributed by atoms with Gasteiger partial charge < -0.3 is 56.1 Å². The summed E-state index contributed by atoms with van der Waals surface area (Å²) in [5, 5.41) is 22.1. The maximum absolute atomic E-state index is 13.7. The molecule has 2 unspecified atom stereocenters. The SMILES string of the molecule is CC(=O)OCC1(C)C=C2C(=O)[C@](C)(O)C3(CC3)C(C)=C2C1OC(=O)N(C)CCN(C)C(=O)OCc1ccc(NC(=O)[C@H](CCCNC(N)=O)NC(=O)[C@@H](NC(=O)CCCCCN2C(=O)C=CC2=O)C(C)C)cc1. The lowest BCUT2D eigenvalue weighted by Gasteiger charge is -2.40. The van der Waals surface area contributed by atoms with E-state index < -0.39 is 76.4 Å². The first-order valence-electron chi connectivity index (χ1n) is 24.5. The van der Waals surface area contributed by atoms with Crippen LogP contribution in [0, 0.1) is 16.7 Å². The molecule has 4 aliphatic rings. The maximum atomic E-state index is 13.7. The number of fused-ring (bicyclic) bond motifs is 1. The summed E-state index contributed by atoms with van der Waals surface area (Å²) < 4.78 is 16.9. The quantitative estimate of drug-likeness (QED) is 0.0376. The molecule has 1 heterocycles. The number of esters is 1. The number of imide groups is 1. The summed E-state index contributed by atoms with van der Waals surface area (Å²) in [6.07, 6.45) is 4.82. The third-order valence-electron chi connectivity index (χ3n) is 14.0. The first kappa shape index (κ1) is 56.8. The van der Waals surface area contributed by atoms with E-state index in [4.69, 9.17) is 19.9 Å². The van der Waals surface area contributed by atoms with Gasteiger partial charge in [-0.25, -0.2) is 14.4 Å². The summed E-state index contributed by atoms with van der Waals surface area (Å²) in [5.74, 6) is -3.65. The number of benzene rings is 1. The van der Waals surface area contributed by atoms with E-state index in [0.717, 1.165) is 10.5 Å². The van der Waals surface area contributed by atoms with E-state index in [-0.39, 0.29) is 87.9 Å². The van der Waals surface area contributed by atoms with Gasteiger partial charge in [-0.3, -0.25) is 38.5 Å². The molecule has 5 rings (SSSR count). The molecule has 1 fully saturated rings. The highest BCUT2D eigenvalue weighted by Crippen LogP contribution is 2.66. The van der Waals surface area contributed by atoms with Crippen LogP contribution in [0.15, 0.2) is 59.2 Å². The number of aliphatic hydroxyl groups is 1. The highest BCUT2D eigenvalue weighted by Gasteiger charge is 2.67. The van der Waals surface area contributed by atoms with Gasteiger partial charge in [-0.1, -0.05) is 44.1 Å². The van der Waals surface area contributed by atoms with Crippen LogP contribution in [0.4, 0.5) is 20.1 Å². The molecular weight excluding hydrogens is 949 g/mol. The minimum absolute atomic E-state index is 0.0344. The number of anilines is 1. The minimum Gasteiger partial charge on any atom is -0.465 e. The first-order chi connectivity index (χ1) is 34.3. The minimum atomic E-state index is -1.64. The van der Waals surface area contributed by atoms with Crippen molar-refractivity contribution in [3.05, 3.63) is 64.8 Å². The molecule has 1 spiro atoms. The molecule has 3 aliphatic carbocycles. The smallest absolute Gasteiger partial charge is 0.410 e. The van der Waals surface area contributed by atoms with E-state index in [1.807, 2.05) is 6.92 Å². The van der Waals surface area contributed by atoms with Crippen LogP contribution in [0.1, 0.15) is 98.5 Å². The van der Waals surface area contributed by atoms with Gasteiger partial charge in [-0.2, -0.15) is 0 Å². The molecule has 9 amide bonds. The zero-order valence-electron chi connectivity index (χ0n) is 42.9. The number of nitrogens with zero attached hydrogens (tertiary/aromatic N) is 3. The molecule has 22 nitrogen and oxygen atoms in total. The molecule has 22 heteroatoms. The monoisotopic (exact) mass is 1020 g/mol. The van der Waals surface area contributed by atoms with Crippen LogP contribution in [0.25, 0.3) is 0 Å². The fourth-order valence-corrected chi connectivity index (χ4v) is 9.25. The normalized spacial score (nSPS) is 21.2. The van der Waals surface area contributed by atoms with E-state index >= 15 is 0 Å².